The standard InChI is InChI=1S/C21H25O10P/c1-26-20(24)21(27-2)13-17(22)19(23)18(29-21)14-28-32(25,30-15-9-5-3-6-10-15)31-16-11-7-4-8-12-16/h3-12,17-19,22-23H,13-14H2,1-2H3/t17?,18?,19-,21+/m0/s1. The quantitative estimate of drug-likeness (QED) is 0.418. The molecule has 32 heavy (non-hydrogen) atoms. The summed E-state index contributed by atoms with van der Waals surface area (Å²) in [6.07, 6.45) is -4.55. The van der Waals surface area contributed by atoms with Gasteiger partial charge in [-0.2, -0.15) is 0 Å². The fourth-order valence-electron chi connectivity index (χ4n) is 3.10. The molecule has 4 atom stereocenters. The molecule has 1 aliphatic heterocycles. The summed E-state index contributed by atoms with van der Waals surface area (Å²) < 4.78 is 45.3. The number of rotatable bonds is 9. The highest BCUT2D eigenvalue weighted by molar-refractivity contribution is 7.49. The molecule has 3 rings (SSSR count). The van der Waals surface area contributed by atoms with Gasteiger partial charge in [-0.25, -0.2) is 9.36 Å². The van der Waals surface area contributed by atoms with Crippen LogP contribution in [0.15, 0.2) is 60.7 Å². The maximum Gasteiger partial charge on any atom is 0.587 e. The number of aliphatic hydroxyl groups is 2. The molecule has 0 radical (unpaired) electrons. The van der Waals surface area contributed by atoms with Gasteiger partial charge in [0.25, 0.3) is 5.79 Å². The van der Waals surface area contributed by atoms with Crippen molar-refractivity contribution in [3.05, 3.63) is 60.7 Å². The Morgan fingerprint density at radius 3 is 2.03 bits per heavy atom. The lowest BCUT2D eigenvalue weighted by molar-refractivity contribution is -0.307. The molecule has 11 heteroatoms. The minimum absolute atomic E-state index is 0.220. The summed E-state index contributed by atoms with van der Waals surface area (Å²) in [5, 5.41) is 20.6. The molecule has 0 aliphatic carbocycles. The van der Waals surface area contributed by atoms with Crippen molar-refractivity contribution in [2.75, 3.05) is 20.8 Å². The molecule has 1 fully saturated rings. The molecule has 2 aromatic rings. The van der Waals surface area contributed by atoms with Gasteiger partial charge in [-0.15, -0.1) is 0 Å². The van der Waals surface area contributed by atoms with Crippen LogP contribution in [0, 0.1) is 0 Å². The second kappa shape index (κ2) is 10.4. The number of benzene rings is 2. The lowest BCUT2D eigenvalue weighted by atomic mass is 9.95. The van der Waals surface area contributed by atoms with Gasteiger partial charge in [0.15, 0.2) is 0 Å². The van der Waals surface area contributed by atoms with Crippen LogP contribution in [0.5, 0.6) is 11.5 Å². The Balaban J connectivity index is 1.80. The SMILES string of the molecule is COC(=O)[C@@]1(OC)CC(O)[C@H](O)C(COP(=O)(Oc2ccccc2)Oc2ccccc2)O1. The zero-order valence-corrected chi connectivity index (χ0v) is 18.4. The van der Waals surface area contributed by atoms with E-state index in [-0.39, 0.29) is 17.9 Å². The predicted molar refractivity (Wildman–Crippen MR) is 111 cm³/mol. The van der Waals surface area contributed by atoms with Gasteiger partial charge in [0, 0.05) is 13.5 Å². The van der Waals surface area contributed by atoms with Crippen molar-refractivity contribution in [1.82, 2.24) is 0 Å². The summed E-state index contributed by atoms with van der Waals surface area (Å²) >= 11 is 0. The van der Waals surface area contributed by atoms with Gasteiger partial charge in [-0.3, -0.25) is 4.52 Å². The van der Waals surface area contributed by atoms with E-state index < -0.39 is 44.5 Å². The first-order valence-corrected chi connectivity index (χ1v) is 11.2. The highest BCUT2D eigenvalue weighted by Gasteiger charge is 2.53. The average molecular weight is 468 g/mol. The topological polar surface area (TPSA) is 130 Å². The fraction of sp³-hybridized carbons (Fsp3) is 0.381. The highest BCUT2D eigenvalue weighted by Crippen LogP contribution is 2.50. The number of carbonyl (C=O) groups excluding carboxylic acids is 1. The molecule has 10 nitrogen and oxygen atoms in total. The van der Waals surface area contributed by atoms with Crippen LogP contribution in [0.25, 0.3) is 0 Å². The first kappa shape index (κ1) is 24.2. The summed E-state index contributed by atoms with van der Waals surface area (Å²) in [5.74, 6) is -2.43. The number of para-hydroxylation sites is 2. The molecule has 1 saturated heterocycles. The first-order valence-electron chi connectivity index (χ1n) is 9.72. The summed E-state index contributed by atoms with van der Waals surface area (Å²) in [6.45, 7) is -0.558. The monoisotopic (exact) mass is 468 g/mol. The number of esters is 1. The van der Waals surface area contributed by atoms with E-state index in [0.717, 1.165) is 7.11 Å². The summed E-state index contributed by atoms with van der Waals surface area (Å²) in [7, 11) is -1.96. The van der Waals surface area contributed by atoms with Gasteiger partial charge in [0.2, 0.25) is 0 Å². The van der Waals surface area contributed by atoms with Crippen LogP contribution >= 0.6 is 7.82 Å². The number of carbonyl (C=O) groups is 1. The molecule has 1 aliphatic rings. The van der Waals surface area contributed by atoms with Crippen LogP contribution in [0.2, 0.25) is 0 Å². The number of phosphoric ester groups is 1. The van der Waals surface area contributed by atoms with Gasteiger partial charge in [0.1, 0.15) is 23.7 Å². The maximum absolute atomic E-state index is 13.4. The van der Waals surface area contributed by atoms with Crippen molar-refractivity contribution in [3.8, 4) is 11.5 Å². The van der Waals surface area contributed by atoms with E-state index in [1.807, 2.05) is 0 Å². The average Bonchev–Trinajstić information content (AvgIpc) is 2.80. The third-order valence-electron chi connectivity index (χ3n) is 4.74. The van der Waals surface area contributed by atoms with Gasteiger partial charge in [-0.1, -0.05) is 36.4 Å². The Morgan fingerprint density at radius 2 is 1.56 bits per heavy atom. The van der Waals surface area contributed by atoms with E-state index in [1.54, 1.807) is 60.7 Å². The Kier molecular flexibility index (Phi) is 7.89. The Bertz CT molecular complexity index is 879. The molecule has 2 aromatic carbocycles. The van der Waals surface area contributed by atoms with Gasteiger partial charge in [-0.05, 0) is 24.3 Å². The van der Waals surface area contributed by atoms with Crippen molar-refractivity contribution >= 4 is 13.8 Å². The van der Waals surface area contributed by atoms with Crippen molar-refractivity contribution in [2.45, 2.75) is 30.5 Å². The molecule has 0 spiro atoms. The number of ether oxygens (including phenoxy) is 3. The van der Waals surface area contributed by atoms with Crippen LogP contribution in [0.4, 0.5) is 0 Å². The van der Waals surface area contributed by atoms with Crippen LogP contribution in [-0.4, -0.2) is 61.1 Å². The zero-order valence-electron chi connectivity index (χ0n) is 17.5. The normalized spacial score (nSPS) is 25.7. The number of methoxy groups -OCH3 is 2. The summed E-state index contributed by atoms with van der Waals surface area (Å²) in [5.41, 5.74) is 0. The van der Waals surface area contributed by atoms with E-state index in [1.165, 1.54) is 7.11 Å². The molecular formula is C21H25O10P. The smallest absolute Gasteiger partial charge is 0.465 e. The Morgan fingerprint density at radius 1 is 1.03 bits per heavy atom. The molecular weight excluding hydrogens is 443 g/mol. The van der Waals surface area contributed by atoms with Crippen molar-refractivity contribution in [2.24, 2.45) is 0 Å². The van der Waals surface area contributed by atoms with Crippen molar-refractivity contribution < 1.29 is 47.4 Å². The van der Waals surface area contributed by atoms with E-state index in [2.05, 4.69) is 0 Å². The number of hydrogen-bond acceptors (Lipinski definition) is 10. The second-order valence-electron chi connectivity index (χ2n) is 6.92. The molecule has 0 saturated carbocycles. The number of phosphoric acid groups is 1. The first-order chi connectivity index (χ1) is 15.3. The van der Waals surface area contributed by atoms with Crippen molar-refractivity contribution in [3.63, 3.8) is 0 Å². The van der Waals surface area contributed by atoms with Crippen molar-refractivity contribution in [1.29, 1.82) is 0 Å². The molecule has 2 N–H and O–H groups in total. The second-order valence-corrected chi connectivity index (χ2v) is 8.44. The van der Waals surface area contributed by atoms with Gasteiger partial charge >= 0.3 is 13.8 Å². The summed E-state index contributed by atoms with van der Waals surface area (Å²) in [6, 6.07) is 16.5. The minimum Gasteiger partial charge on any atom is -0.465 e. The molecule has 174 valence electrons. The van der Waals surface area contributed by atoms with E-state index >= 15 is 0 Å². The minimum atomic E-state index is -4.29. The summed E-state index contributed by atoms with van der Waals surface area (Å²) in [4.78, 5) is 12.2. The molecule has 0 aromatic heterocycles. The largest absolute Gasteiger partial charge is 0.587 e. The zero-order chi connectivity index (χ0) is 23.2. The van der Waals surface area contributed by atoms with Crippen LogP contribution < -0.4 is 9.05 Å². The third kappa shape index (κ3) is 5.66. The lowest BCUT2D eigenvalue weighted by Gasteiger charge is -2.42. The number of aliphatic hydroxyl groups excluding tert-OH is 2. The molecule has 1 heterocycles. The fourth-order valence-corrected chi connectivity index (χ4v) is 4.33. The van der Waals surface area contributed by atoms with Gasteiger partial charge in [0.05, 0.1) is 19.8 Å². The predicted octanol–water partition coefficient (Wildman–Crippen LogP) is 2.30. The Labute approximate surface area is 185 Å². The maximum atomic E-state index is 13.4. The third-order valence-corrected chi connectivity index (χ3v) is 6.07. The van der Waals surface area contributed by atoms with Crippen LogP contribution in [-0.2, 0) is 28.1 Å². The van der Waals surface area contributed by atoms with E-state index in [0.29, 0.717) is 0 Å². The molecule has 0 bridgehead atoms. The van der Waals surface area contributed by atoms with E-state index in [9.17, 15) is 19.6 Å². The van der Waals surface area contributed by atoms with Crippen LogP contribution in [0.1, 0.15) is 6.42 Å². The van der Waals surface area contributed by atoms with Gasteiger partial charge < -0.3 is 33.5 Å². The Hall–Kier alpha value is -2.46. The van der Waals surface area contributed by atoms with E-state index in [4.69, 9.17) is 27.8 Å². The van der Waals surface area contributed by atoms with Crippen LogP contribution in [0.3, 0.4) is 0 Å². The number of hydrogen-bond donors (Lipinski definition) is 2. The molecule has 0 amide bonds. The highest BCUT2D eigenvalue weighted by atomic mass is 31.2. The molecule has 2 unspecified atom stereocenters. The lowest BCUT2D eigenvalue weighted by Crippen LogP contribution is -2.60.